The van der Waals surface area contributed by atoms with Crippen molar-refractivity contribution < 1.29 is 36.2 Å². The first-order chi connectivity index (χ1) is 8.12. The molecule has 0 fully saturated rings. The molecule has 100 valence electrons. The van der Waals surface area contributed by atoms with E-state index in [1.165, 1.54) is 0 Å². The first kappa shape index (κ1) is 14.3. The van der Waals surface area contributed by atoms with Gasteiger partial charge in [-0.15, -0.1) is 0 Å². The Balaban J connectivity index is 3.41. The Morgan fingerprint density at radius 1 is 1.39 bits per heavy atom. The second-order valence-corrected chi connectivity index (χ2v) is 3.23. The van der Waals surface area contributed by atoms with E-state index in [0.29, 0.717) is 0 Å². The van der Waals surface area contributed by atoms with Gasteiger partial charge in [0.1, 0.15) is 11.4 Å². The third-order valence-corrected chi connectivity index (χ3v) is 1.90. The van der Waals surface area contributed by atoms with E-state index in [1.807, 2.05) is 0 Å². The van der Waals surface area contributed by atoms with E-state index in [0.717, 1.165) is 0 Å². The molecule has 0 aliphatic rings. The van der Waals surface area contributed by atoms with Crippen molar-refractivity contribution in [2.75, 3.05) is 0 Å². The average molecular weight is 273 g/mol. The van der Waals surface area contributed by atoms with E-state index in [2.05, 4.69) is 4.98 Å². The van der Waals surface area contributed by atoms with Crippen LogP contribution >= 0.6 is 0 Å². The minimum atomic E-state index is -5.06. The van der Waals surface area contributed by atoms with Gasteiger partial charge >= 0.3 is 12.1 Å². The van der Waals surface area contributed by atoms with Crippen molar-refractivity contribution in [2.45, 2.75) is 19.0 Å². The fourth-order valence-corrected chi connectivity index (χ4v) is 1.19. The number of halogens is 6. The molecular weight excluding hydrogens is 268 g/mol. The highest BCUT2D eigenvalue weighted by Crippen LogP contribution is 2.32. The fourth-order valence-electron chi connectivity index (χ4n) is 1.19. The molecule has 1 rings (SSSR count). The van der Waals surface area contributed by atoms with Crippen LogP contribution in [-0.4, -0.2) is 16.1 Å². The molecular formula is C9H5F6NO2. The molecule has 0 aliphatic heterocycles. The monoisotopic (exact) mass is 273 g/mol. The molecule has 1 heterocycles. The summed E-state index contributed by atoms with van der Waals surface area (Å²) in [7, 11) is 0. The van der Waals surface area contributed by atoms with Gasteiger partial charge in [-0.05, 0) is 6.07 Å². The van der Waals surface area contributed by atoms with E-state index in [4.69, 9.17) is 5.11 Å². The van der Waals surface area contributed by atoms with Gasteiger partial charge in [-0.2, -0.15) is 13.2 Å². The number of pyridine rings is 1. The number of carboxylic acid groups (broad SMARTS) is 1. The Kier molecular flexibility index (Phi) is 3.82. The Morgan fingerprint density at radius 3 is 2.33 bits per heavy atom. The van der Waals surface area contributed by atoms with Gasteiger partial charge in [0.2, 0.25) is 0 Å². The number of rotatable bonds is 3. The lowest BCUT2D eigenvalue weighted by Crippen LogP contribution is -2.15. The van der Waals surface area contributed by atoms with E-state index < -0.39 is 47.8 Å². The lowest BCUT2D eigenvalue weighted by Gasteiger charge is -2.11. The maximum atomic E-state index is 13.3. The topological polar surface area (TPSA) is 50.2 Å². The van der Waals surface area contributed by atoms with Crippen LogP contribution in [0, 0.1) is 5.82 Å². The van der Waals surface area contributed by atoms with Crippen LogP contribution in [0.5, 0.6) is 0 Å². The molecule has 1 aromatic rings. The zero-order valence-corrected chi connectivity index (χ0v) is 8.43. The Morgan fingerprint density at radius 2 is 1.94 bits per heavy atom. The second kappa shape index (κ2) is 4.83. The van der Waals surface area contributed by atoms with Gasteiger partial charge in [0.05, 0.1) is 6.42 Å². The zero-order chi connectivity index (χ0) is 14.1. The van der Waals surface area contributed by atoms with Crippen LogP contribution in [0.4, 0.5) is 26.3 Å². The number of hydrogen-bond donors (Lipinski definition) is 1. The smallest absolute Gasteiger partial charge is 0.433 e. The number of alkyl halides is 5. The minimum absolute atomic E-state index is 0.106. The molecule has 9 heteroatoms. The lowest BCUT2D eigenvalue weighted by molar-refractivity contribution is -0.142. The second-order valence-electron chi connectivity index (χ2n) is 3.23. The number of nitrogens with zero attached hydrogens (tertiary/aromatic N) is 1. The molecule has 0 aliphatic carbocycles. The third kappa shape index (κ3) is 3.11. The van der Waals surface area contributed by atoms with Crippen molar-refractivity contribution in [1.82, 2.24) is 4.98 Å². The fraction of sp³-hybridized carbons (Fsp3) is 0.333. The number of aromatic nitrogens is 1. The van der Waals surface area contributed by atoms with Crippen LogP contribution in [0.25, 0.3) is 0 Å². The first-order valence-electron chi connectivity index (χ1n) is 4.39. The largest absolute Gasteiger partial charge is 0.481 e. The van der Waals surface area contributed by atoms with Crippen molar-refractivity contribution in [1.29, 1.82) is 0 Å². The number of aliphatic carboxylic acids is 1. The molecule has 0 atom stereocenters. The Labute approximate surface area is 96.1 Å². The van der Waals surface area contributed by atoms with Crippen molar-refractivity contribution >= 4 is 5.97 Å². The molecule has 1 N–H and O–H groups in total. The molecule has 18 heavy (non-hydrogen) atoms. The summed E-state index contributed by atoms with van der Waals surface area (Å²) in [6.45, 7) is 0. The lowest BCUT2D eigenvalue weighted by atomic mass is 10.1. The standard InChI is InChI=1S/C9H5F6NO2/c10-6-3(2-5(17)18)1-4(9(13,14)15)16-7(6)8(11)12/h1,8H,2H2,(H,17,18). The average Bonchev–Trinajstić information content (AvgIpc) is 2.18. The summed E-state index contributed by atoms with van der Waals surface area (Å²) < 4.78 is 74.8. The molecule has 1 aromatic heterocycles. The van der Waals surface area contributed by atoms with Crippen molar-refractivity contribution in [3.05, 3.63) is 28.8 Å². The Hall–Kier alpha value is -1.80. The van der Waals surface area contributed by atoms with Crippen LogP contribution in [-0.2, 0) is 17.4 Å². The SMILES string of the molecule is O=C(O)Cc1cc(C(F)(F)F)nc(C(F)F)c1F. The molecule has 0 bridgehead atoms. The van der Waals surface area contributed by atoms with Gasteiger partial charge in [0, 0.05) is 5.56 Å². The van der Waals surface area contributed by atoms with Crippen LogP contribution in [0.2, 0.25) is 0 Å². The van der Waals surface area contributed by atoms with Crippen LogP contribution in [0.15, 0.2) is 6.07 Å². The highest BCUT2D eigenvalue weighted by molar-refractivity contribution is 5.70. The number of hydrogen-bond acceptors (Lipinski definition) is 2. The van der Waals surface area contributed by atoms with Gasteiger partial charge in [0.15, 0.2) is 5.82 Å². The van der Waals surface area contributed by atoms with Crippen LogP contribution < -0.4 is 0 Å². The van der Waals surface area contributed by atoms with Gasteiger partial charge in [0.25, 0.3) is 6.43 Å². The molecule has 0 saturated carbocycles. The first-order valence-corrected chi connectivity index (χ1v) is 4.39. The number of carboxylic acids is 1. The maximum absolute atomic E-state index is 13.3. The van der Waals surface area contributed by atoms with Crippen molar-refractivity contribution in [2.24, 2.45) is 0 Å². The predicted molar refractivity (Wildman–Crippen MR) is 45.5 cm³/mol. The van der Waals surface area contributed by atoms with Gasteiger partial charge < -0.3 is 5.11 Å². The van der Waals surface area contributed by atoms with E-state index in [-0.39, 0.29) is 6.07 Å². The summed E-state index contributed by atoms with van der Waals surface area (Å²) in [4.78, 5) is 12.8. The molecule has 0 unspecified atom stereocenters. The van der Waals surface area contributed by atoms with Crippen LogP contribution in [0.1, 0.15) is 23.4 Å². The molecule has 3 nitrogen and oxygen atoms in total. The summed E-state index contributed by atoms with van der Waals surface area (Å²) in [5, 5.41) is 8.36. The maximum Gasteiger partial charge on any atom is 0.433 e. The predicted octanol–water partition coefficient (Wildman–Crippen LogP) is 2.80. The highest BCUT2D eigenvalue weighted by atomic mass is 19.4. The van der Waals surface area contributed by atoms with E-state index >= 15 is 0 Å². The van der Waals surface area contributed by atoms with E-state index in [9.17, 15) is 31.1 Å². The third-order valence-electron chi connectivity index (χ3n) is 1.90. The van der Waals surface area contributed by atoms with Gasteiger partial charge in [-0.3, -0.25) is 4.79 Å². The highest BCUT2D eigenvalue weighted by Gasteiger charge is 2.35. The number of carbonyl (C=O) groups is 1. The van der Waals surface area contributed by atoms with Crippen LogP contribution in [0.3, 0.4) is 0 Å². The quantitative estimate of drug-likeness (QED) is 0.861. The summed E-state index contributed by atoms with van der Waals surface area (Å²) >= 11 is 0. The minimum Gasteiger partial charge on any atom is -0.481 e. The summed E-state index contributed by atoms with van der Waals surface area (Å²) in [5.41, 5.74) is -4.45. The van der Waals surface area contributed by atoms with Crippen molar-refractivity contribution in [3.63, 3.8) is 0 Å². The normalized spacial score (nSPS) is 11.9. The Bertz CT molecular complexity index is 471. The molecule has 0 radical (unpaired) electrons. The van der Waals surface area contributed by atoms with E-state index in [1.54, 1.807) is 0 Å². The summed E-state index contributed by atoms with van der Waals surface area (Å²) in [6, 6.07) is 0.106. The van der Waals surface area contributed by atoms with Crippen molar-refractivity contribution in [3.8, 4) is 0 Å². The molecule has 0 saturated heterocycles. The van der Waals surface area contributed by atoms with Gasteiger partial charge in [-0.1, -0.05) is 0 Å². The zero-order valence-electron chi connectivity index (χ0n) is 8.43. The molecule has 0 amide bonds. The summed E-state index contributed by atoms with van der Waals surface area (Å²) in [6.07, 6.45) is -9.78. The van der Waals surface area contributed by atoms with Gasteiger partial charge in [-0.25, -0.2) is 18.2 Å². The summed E-state index contributed by atoms with van der Waals surface area (Å²) in [5.74, 6) is -3.38. The molecule has 0 spiro atoms. The molecule has 0 aromatic carbocycles.